The summed E-state index contributed by atoms with van der Waals surface area (Å²) >= 11 is 0. The van der Waals surface area contributed by atoms with Gasteiger partial charge in [-0.2, -0.15) is 0 Å². The van der Waals surface area contributed by atoms with Crippen LogP contribution >= 0.6 is 0 Å². The van der Waals surface area contributed by atoms with Gasteiger partial charge in [-0.1, -0.05) is 0 Å². The van der Waals surface area contributed by atoms with Crippen molar-refractivity contribution < 1.29 is 28.5 Å². The molecule has 0 spiro atoms. The average Bonchev–Trinajstić information content (AvgIpc) is 3.48. The summed E-state index contributed by atoms with van der Waals surface area (Å²) in [4.78, 5) is 34.6. The third-order valence-electron chi connectivity index (χ3n) is 6.48. The number of pyridine rings is 2. The van der Waals surface area contributed by atoms with Gasteiger partial charge < -0.3 is 29.6 Å². The van der Waals surface area contributed by atoms with Crippen LogP contribution < -0.4 is 29.7 Å². The van der Waals surface area contributed by atoms with Gasteiger partial charge in [0.2, 0.25) is 5.88 Å². The SMILES string of the molecule is COc1ccc2ncc3c(c2n1)C[C@@H](CNCC[C@@H]1CN(c2ccc4c(c2)NC(=O)CO4)C(=O)O1)O3. The number of carbonyl (C=O) groups is 2. The Morgan fingerprint density at radius 2 is 2.08 bits per heavy atom. The molecule has 0 bridgehead atoms. The molecule has 2 aromatic heterocycles. The van der Waals surface area contributed by atoms with Crippen LogP contribution in [0.2, 0.25) is 0 Å². The molecule has 36 heavy (non-hydrogen) atoms. The first-order chi connectivity index (χ1) is 17.6. The second kappa shape index (κ2) is 9.15. The van der Waals surface area contributed by atoms with Gasteiger partial charge in [0, 0.05) is 30.3 Å². The second-order valence-electron chi connectivity index (χ2n) is 8.89. The van der Waals surface area contributed by atoms with Gasteiger partial charge in [0.1, 0.15) is 23.7 Å². The number of ether oxygens (including phenoxy) is 4. The Morgan fingerprint density at radius 3 is 2.97 bits per heavy atom. The van der Waals surface area contributed by atoms with Gasteiger partial charge in [0.25, 0.3) is 5.91 Å². The molecule has 3 aliphatic heterocycles. The molecule has 11 nitrogen and oxygen atoms in total. The molecule has 3 aromatic rings. The Labute approximate surface area is 206 Å². The number of aromatic nitrogens is 2. The first-order valence-electron chi connectivity index (χ1n) is 11.8. The third kappa shape index (κ3) is 4.22. The summed E-state index contributed by atoms with van der Waals surface area (Å²) in [5, 5.41) is 6.17. The lowest BCUT2D eigenvalue weighted by molar-refractivity contribution is -0.118. The van der Waals surface area contributed by atoms with Crippen molar-refractivity contribution in [2.45, 2.75) is 25.0 Å². The van der Waals surface area contributed by atoms with Crippen LogP contribution in [0.25, 0.3) is 11.0 Å². The Balaban J connectivity index is 1.01. The van der Waals surface area contributed by atoms with Crippen LogP contribution in [0.3, 0.4) is 0 Å². The van der Waals surface area contributed by atoms with E-state index in [2.05, 4.69) is 20.6 Å². The molecule has 0 unspecified atom stereocenters. The molecule has 0 aliphatic carbocycles. The minimum Gasteiger partial charge on any atom is -0.487 e. The largest absolute Gasteiger partial charge is 0.487 e. The van der Waals surface area contributed by atoms with Gasteiger partial charge in [-0.05, 0) is 37.2 Å². The summed E-state index contributed by atoms with van der Waals surface area (Å²) < 4.78 is 22.3. The van der Waals surface area contributed by atoms with Crippen molar-refractivity contribution in [1.82, 2.24) is 15.3 Å². The summed E-state index contributed by atoms with van der Waals surface area (Å²) in [6, 6.07) is 8.96. The van der Waals surface area contributed by atoms with Crippen molar-refractivity contribution in [3.8, 4) is 17.4 Å². The quantitative estimate of drug-likeness (QED) is 0.479. The minimum atomic E-state index is -0.403. The van der Waals surface area contributed by atoms with Gasteiger partial charge in [-0.15, -0.1) is 0 Å². The molecule has 6 rings (SSSR count). The molecular formula is C25H25N5O6. The van der Waals surface area contributed by atoms with Crippen molar-refractivity contribution in [2.24, 2.45) is 0 Å². The highest BCUT2D eigenvalue weighted by Gasteiger charge is 2.33. The summed E-state index contributed by atoms with van der Waals surface area (Å²) in [6.45, 7) is 1.74. The number of rotatable bonds is 7. The van der Waals surface area contributed by atoms with E-state index in [9.17, 15) is 9.59 Å². The molecule has 186 valence electrons. The monoisotopic (exact) mass is 491 g/mol. The van der Waals surface area contributed by atoms with Gasteiger partial charge in [0.05, 0.1) is 36.6 Å². The molecule has 2 amide bonds. The van der Waals surface area contributed by atoms with Gasteiger partial charge in [-0.3, -0.25) is 14.7 Å². The topological polar surface area (TPSA) is 124 Å². The van der Waals surface area contributed by atoms with Crippen LogP contribution in [0.5, 0.6) is 17.4 Å². The molecule has 3 aliphatic rings. The van der Waals surface area contributed by atoms with Crippen molar-refractivity contribution >= 4 is 34.4 Å². The molecular weight excluding hydrogens is 466 g/mol. The van der Waals surface area contributed by atoms with E-state index >= 15 is 0 Å². The zero-order chi connectivity index (χ0) is 24.6. The Hall–Kier alpha value is -4.12. The number of carbonyl (C=O) groups excluding carboxylic acids is 2. The Morgan fingerprint density at radius 1 is 1.17 bits per heavy atom. The van der Waals surface area contributed by atoms with Crippen LogP contribution in [0.1, 0.15) is 12.0 Å². The van der Waals surface area contributed by atoms with Crippen LogP contribution in [0.4, 0.5) is 16.2 Å². The molecule has 2 N–H and O–H groups in total. The number of hydrogen-bond acceptors (Lipinski definition) is 9. The molecule has 1 aromatic carbocycles. The van der Waals surface area contributed by atoms with E-state index in [0.29, 0.717) is 49.1 Å². The minimum absolute atomic E-state index is 0.00964. The number of cyclic esters (lactones) is 1. The highest BCUT2D eigenvalue weighted by Crippen LogP contribution is 2.35. The summed E-state index contributed by atoms with van der Waals surface area (Å²) in [5.74, 6) is 1.67. The number of nitrogens with one attached hydrogen (secondary N) is 2. The molecule has 0 saturated carbocycles. The predicted octanol–water partition coefficient (Wildman–Crippen LogP) is 2.28. The van der Waals surface area contributed by atoms with E-state index in [1.807, 2.05) is 6.07 Å². The standard InChI is InChI=1S/C25H25N5O6/c1-33-23-5-3-18-24(29-23)17-9-16(35-21(17)11-27-18)10-26-7-6-15-12-30(25(32)36-15)14-2-4-20-19(8-14)28-22(31)13-34-20/h2-5,8,11,15-16,26H,6-7,9-10,12-13H2,1H3,(H,28,31)/t15-,16+/m1/s1. The normalized spacial score (nSPS) is 20.3. The number of nitrogens with zero attached hydrogens (tertiary/aromatic N) is 3. The van der Waals surface area contributed by atoms with E-state index in [1.54, 1.807) is 42.5 Å². The van der Waals surface area contributed by atoms with Gasteiger partial charge >= 0.3 is 6.09 Å². The lowest BCUT2D eigenvalue weighted by Gasteiger charge is -2.20. The smallest absolute Gasteiger partial charge is 0.414 e. The van der Waals surface area contributed by atoms with Crippen molar-refractivity contribution in [2.75, 3.05) is 43.6 Å². The third-order valence-corrected chi connectivity index (χ3v) is 6.48. The molecule has 2 atom stereocenters. The van der Waals surface area contributed by atoms with E-state index in [1.165, 1.54) is 0 Å². The number of methoxy groups -OCH3 is 1. The highest BCUT2D eigenvalue weighted by atomic mass is 16.6. The second-order valence-corrected chi connectivity index (χ2v) is 8.89. The lowest BCUT2D eigenvalue weighted by Crippen LogP contribution is -2.32. The van der Waals surface area contributed by atoms with E-state index in [0.717, 1.165) is 28.8 Å². The molecule has 1 fully saturated rings. The zero-order valence-electron chi connectivity index (χ0n) is 19.7. The first kappa shape index (κ1) is 22.4. The molecule has 1 saturated heterocycles. The molecule has 0 radical (unpaired) electrons. The van der Waals surface area contributed by atoms with Crippen LogP contribution in [-0.4, -0.2) is 67.5 Å². The van der Waals surface area contributed by atoms with Crippen LogP contribution in [-0.2, 0) is 16.0 Å². The van der Waals surface area contributed by atoms with Gasteiger partial charge in [0.15, 0.2) is 6.61 Å². The number of fused-ring (bicyclic) bond motifs is 4. The summed E-state index contributed by atoms with van der Waals surface area (Å²) in [6.07, 6.45) is 2.47. The van der Waals surface area contributed by atoms with E-state index in [-0.39, 0.29) is 24.7 Å². The number of anilines is 2. The molecule has 11 heteroatoms. The predicted molar refractivity (Wildman–Crippen MR) is 130 cm³/mol. The number of hydrogen-bond donors (Lipinski definition) is 2. The van der Waals surface area contributed by atoms with Crippen molar-refractivity contribution in [3.63, 3.8) is 0 Å². The van der Waals surface area contributed by atoms with Crippen molar-refractivity contribution in [1.29, 1.82) is 0 Å². The lowest BCUT2D eigenvalue weighted by atomic mass is 10.1. The fourth-order valence-electron chi connectivity index (χ4n) is 4.71. The van der Waals surface area contributed by atoms with Crippen LogP contribution in [0.15, 0.2) is 36.5 Å². The molecule has 5 heterocycles. The zero-order valence-corrected chi connectivity index (χ0v) is 19.7. The first-order valence-corrected chi connectivity index (χ1v) is 11.8. The highest BCUT2D eigenvalue weighted by molar-refractivity contribution is 5.97. The van der Waals surface area contributed by atoms with Crippen molar-refractivity contribution in [3.05, 3.63) is 42.1 Å². The average molecular weight is 492 g/mol. The maximum atomic E-state index is 12.5. The fraction of sp³-hybridized carbons (Fsp3) is 0.360. The Kier molecular flexibility index (Phi) is 5.68. The maximum Gasteiger partial charge on any atom is 0.414 e. The number of benzene rings is 1. The van der Waals surface area contributed by atoms with Gasteiger partial charge in [-0.25, -0.2) is 9.78 Å². The van der Waals surface area contributed by atoms with E-state index < -0.39 is 6.09 Å². The summed E-state index contributed by atoms with van der Waals surface area (Å²) in [5.41, 5.74) is 3.87. The maximum absolute atomic E-state index is 12.5. The Bertz CT molecular complexity index is 1350. The fourth-order valence-corrected chi connectivity index (χ4v) is 4.71. The van der Waals surface area contributed by atoms with Crippen LogP contribution in [0, 0.1) is 0 Å². The number of amides is 2. The van der Waals surface area contributed by atoms with E-state index in [4.69, 9.17) is 18.9 Å². The summed E-state index contributed by atoms with van der Waals surface area (Å²) in [7, 11) is 1.59.